The monoisotopic (exact) mass is 400 g/mol. The molecule has 1 saturated carbocycles. The Morgan fingerprint density at radius 2 is 1.83 bits per heavy atom. The SMILES string of the molecule is O=C(NC1CC1)c1ccc(OCC2CCCN2C(=O)c2cc(F)ccc2F)cc1. The van der Waals surface area contributed by atoms with Gasteiger partial charge in [-0.05, 0) is 68.1 Å². The first-order valence-electron chi connectivity index (χ1n) is 9.81. The van der Waals surface area contributed by atoms with Gasteiger partial charge in [0.05, 0.1) is 11.6 Å². The van der Waals surface area contributed by atoms with E-state index in [0.717, 1.165) is 43.9 Å². The largest absolute Gasteiger partial charge is 0.491 e. The fraction of sp³-hybridized carbons (Fsp3) is 0.364. The highest BCUT2D eigenvalue weighted by Gasteiger charge is 2.31. The molecular formula is C22H22F2N2O3. The minimum atomic E-state index is -0.733. The number of carbonyl (C=O) groups excluding carboxylic acids is 2. The van der Waals surface area contributed by atoms with Crippen molar-refractivity contribution in [3.8, 4) is 5.75 Å². The summed E-state index contributed by atoms with van der Waals surface area (Å²) in [7, 11) is 0. The van der Waals surface area contributed by atoms with Crippen LogP contribution < -0.4 is 10.1 Å². The summed E-state index contributed by atoms with van der Waals surface area (Å²) in [6, 6.07) is 9.80. The van der Waals surface area contributed by atoms with E-state index in [1.54, 1.807) is 24.3 Å². The molecule has 152 valence electrons. The van der Waals surface area contributed by atoms with Gasteiger partial charge in [-0.15, -0.1) is 0 Å². The Bertz CT molecular complexity index is 913. The van der Waals surface area contributed by atoms with Crippen LogP contribution >= 0.6 is 0 Å². The molecule has 4 rings (SSSR count). The fourth-order valence-corrected chi connectivity index (χ4v) is 3.48. The summed E-state index contributed by atoms with van der Waals surface area (Å²) in [5.74, 6) is -1.41. The molecule has 0 radical (unpaired) electrons. The van der Waals surface area contributed by atoms with Gasteiger partial charge in [-0.3, -0.25) is 9.59 Å². The van der Waals surface area contributed by atoms with Gasteiger partial charge in [-0.25, -0.2) is 8.78 Å². The Morgan fingerprint density at radius 1 is 1.07 bits per heavy atom. The average Bonchev–Trinajstić information content (AvgIpc) is 3.41. The van der Waals surface area contributed by atoms with Gasteiger partial charge < -0.3 is 15.0 Å². The van der Waals surface area contributed by atoms with Gasteiger partial charge in [0.15, 0.2) is 0 Å². The summed E-state index contributed by atoms with van der Waals surface area (Å²) in [6.07, 6.45) is 3.56. The normalized spacial score (nSPS) is 18.6. The highest BCUT2D eigenvalue weighted by molar-refractivity contribution is 5.95. The Kier molecular flexibility index (Phi) is 5.47. The first-order chi connectivity index (χ1) is 14.0. The predicted octanol–water partition coefficient (Wildman–Crippen LogP) is 3.54. The summed E-state index contributed by atoms with van der Waals surface area (Å²) in [5.41, 5.74) is 0.312. The van der Waals surface area contributed by atoms with Crippen LogP contribution in [-0.4, -0.2) is 41.9 Å². The maximum Gasteiger partial charge on any atom is 0.257 e. The number of rotatable bonds is 6. The molecule has 2 fully saturated rings. The van der Waals surface area contributed by atoms with Gasteiger partial charge in [0, 0.05) is 18.2 Å². The summed E-state index contributed by atoms with van der Waals surface area (Å²) in [5, 5.41) is 2.93. The second kappa shape index (κ2) is 8.19. The topological polar surface area (TPSA) is 58.6 Å². The number of nitrogens with one attached hydrogen (secondary N) is 1. The molecule has 2 aromatic rings. The first kappa shape index (κ1) is 19.4. The molecule has 5 nitrogen and oxygen atoms in total. The number of benzene rings is 2. The van der Waals surface area contributed by atoms with E-state index >= 15 is 0 Å². The lowest BCUT2D eigenvalue weighted by molar-refractivity contribution is 0.0686. The molecule has 1 unspecified atom stereocenters. The first-order valence-corrected chi connectivity index (χ1v) is 9.81. The van der Waals surface area contributed by atoms with Crippen LogP contribution in [0.15, 0.2) is 42.5 Å². The molecule has 1 aliphatic carbocycles. The third-order valence-corrected chi connectivity index (χ3v) is 5.27. The maximum absolute atomic E-state index is 14.0. The second-order valence-corrected chi connectivity index (χ2v) is 7.50. The fourth-order valence-electron chi connectivity index (χ4n) is 3.48. The van der Waals surface area contributed by atoms with E-state index in [-0.39, 0.29) is 24.1 Å². The van der Waals surface area contributed by atoms with Crippen molar-refractivity contribution in [2.24, 2.45) is 0 Å². The minimum Gasteiger partial charge on any atom is -0.491 e. The Morgan fingerprint density at radius 3 is 2.55 bits per heavy atom. The molecule has 1 N–H and O–H groups in total. The maximum atomic E-state index is 14.0. The summed E-state index contributed by atoms with van der Waals surface area (Å²) >= 11 is 0. The van der Waals surface area contributed by atoms with Crippen molar-refractivity contribution in [2.75, 3.05) is 13.2 Å². The van der Waals surface area contributed by atoms with E-state index in [9.17, 15) is 18.4 Å². The minimum absolute atomic E-state index is 0.0938. The van der Waals surface area contributed by atoms with Crippen molar-refractivity contribution in [3.05, 3.63) is 65.2 Å². The van der Waals surface area contributed by atoms with Gasteiger partial charge in [0.2, 0.25) is 0 Å². The summed E-state index contributed by atoms with van der Waals surface area (Å²) in [4.78, 5) is 26.2. The van der Waals surface area contributed by atoms with Gasteiger partial charge in [-0.1, -0.05) is 0 Å². The standard InChI is InChI=1S/C22H22F2N2O3/c23-15-5-10-20(24)19(12-15)22(28)26-11-1-2-17(26)13-29-18-8-3-14(4-9-18)21(27)25-16-6-7-16/h3-5,8-10,12,16-17H,1-2,6-7,11,13H2,(H,25,27). The van der Waals surface area contributed by atoms with Gasteiger partial charge >= 0.3 is 0 Å². The Hall–Kier alpha value is -2.96. The zero-order valence-electron chi connectivity index (χ0n) is 15.9. The molecule has 0 aromatic heterocycles. The number of ether oxygens (including phenoxy) is 1. The molecule has 0 spiro atoms. The van der Waals surface area contributed by atoms with Crippen LogP contribution in [0, 0.1) is 11.6 Å². The molecule has 1 heterocycles. The van der Waals surface area contributed by atoms with Crippen LogP contribution in [0.2, 0.25) is 0 Å². The summed E-state index contributed by atoms with van der Waals surface area (Å²) < 4.78 is 33.2. The van der Waals surface area contributed by atoms with Crippen molar-refractivity contribution in [1.82, 2.24) is 10.2 Å². The smallest absolute Gasteiger partial charge is 0.257 e. The van der Waals surface area contributed by atoms with Crippen molar-refractivity contribution < 1.29 is 23.1 Å². The molecule has 0 bridgehead atoms. The van der Waals surface area contributed by atoms with E-state index in [0.29, 0.717) is 23.9 Å². The van der Waals surface area contributed by atoms with Crippen LogP contribution in [0.1, 0.15) is 46.4 Å². The number of nitrogens with zero attached hydrogens (tertiary/aromatic N) is 1. The zero-order chi connectivity index (χ0) is 20.4. The number of hydrogen-bond donors (Lipinski definition) is 1. The number of hydrogen-bond acceptors (Lipinski definition) is 3. The Balaban J connectivity index is 1.36. The van der Waals surface area contributed by atoms with Crippen molar-refractivity contribution in [3.63, 3.8) is 0 Å². The molecule has 1 saturated heterocycles. The lowest BCUT2D eigenvalue weighted by Crippen LogP contribution is -2.39. The molecular weight excluding hydrogens is 378 g/mol. The van der Waals surface area contributed by atoms with Crippen molar-refractivity contribution in [1.29, 1.82) is 0 Å². The predicted molar refractivity (Wildman–Crippen MR) is 103 cm³/mol. The Labute approximate surface area is 167 Å². The van der Waals surface area contributed by atoms with Crippen molar-refractivity contribution >= 4 is 11.8 Å². The molecule has 1 atom stereocenters. The van der Waals surface area contributed by atoms with Crippen LogP contribution in [0.25, 0.3) is 0 Å². The number of halogens is 2. The average molecular weight is 400 g/mol. The lowest BCUT2D eigenvalue weighted by Gasteiger charge is -2.25. The lowest BCUT2D eigenvalue weighted by atomic mass is 10.1. The molecule has 1 aliphatic heterocycles. The highest BCUT2D eigenvalue weighted by Crippen LogP contribution is 2.24. The molecule has 7 heteroatoms. The van der Waals surface area contributed by atoms with E-state index < -0.39 is 17.5 Å². The third-order valence-electron chi connectivity index (χ3n) is 5.27. The molecule has 29 heavy (non-hydrogen) atoms. The zero-order valence-corrected chi connectivity index (χ0v) is 15.9. The van der Waals surface area contributed by atoms with Crippen LogP contribution in [0.3, 0.4) is 0 Å². The van der Waals surface area contributed by atoms with Crippen LogP contribution in [0.5, 0.6) is 5.75 Å². The van der Waals surface area contributed by atoms with E-state index in [1.807, 2.05) is 0 Å². The number of carbonyl (C=O) groups is 2. The van der Waals surface area contributed by atoms with Gasteiger partial charge in [0.1, 0.15) is 24.0 Å². The molecule has 2 aromatic carbocycles. The number of amides is 2. The third kappa shape index (κ3) is 4.55. The van der Waals surface area contributed by atoms with Crippen LogP contribution in [-0.2, 0) is 0 Å². The van der Waals surface area contributed by atoms with Crippen LogP contribution in [0.4, 0.5) is 8.78 Å². The quantitative estimate of drug-likeness (QED) is 0.807. The van der Waals surface area contributed by atoms with Crippen molar-refractivity contribution in [2.45, 2.75) is 37.8 Å². The molecule has 2 amide bonds. The van der Waals surface area contributed by atoms with E-state index in [4.69, 9.17) is 4.74 Å². The van der Waals surface area contributed by atoms with E-state index in [1.165, 1.54) is 4.90 Å². The van der Waals surface area contributed by atoms with Gasteiger partial charge in [-0.2, -0.15) is 0 Å². The van der Waals surface area contributed by atoms with Gasteiger partial charge in [0.25, 0.3) is 11.8 Å². The summed E-state index contributed by atoms with van der Waals surface area (Å²) in [6.45, 7) is 0.722. The molecule has 2 aliphatic rings. The van der Waals surface area contributed by atoms with E-state index in [2.05, 4.69) is 5.32 Å². The second-order valence-electron chi connectivity index (χ2n) is 7.50. The number of likely N-dealkylation sites (tertiary alicyclic amines) is 1. The highest BCUT2D eigenvalue weighted by atomic mass is 19.1.